The third-order valence-electron chi connectivity index (χ3n) is 5.41. The fourth-order valence-electron chi connectivity index (χ4n) is 4.01. The molecule has 0 aliphatic carbocycles. The molecule has 0 unspecified atom stereocenters. The van der Waals surface area contributed by atoms with Gasteiger partial charge in [0.25, 0.3) is 0 Å². The van der Waals surface area contributed by atoms with E-state index in [0.29, 0.717) is 40.3 Å². The second kappa shape index (κ2) is 9.30. The van der Waals surface area contributed by atoms with Crippen molar-refractivity contribution in [1.29, 1.82) is 0 Å². The number of aromatic nitrogens is 3. The van der Waals surface area contributed by atoms with Crippen molar-refractivity contribution in [3.8, 4) is 22.8 Å². The molecule has 10 heteroatoms. The first-order chi connectivity index (χ1) is 16.2. The van der Waals surface area contributed by atoms with Gasteiger partial charge in [0.1, 0.15) is 21.3 Å². The van der Waals surface area contributed by atoms with Gasteiger partial charge in [0.2, 0.25) is 0 Å². The summed E-state index contributed by atoms with van der Waals surface area (Å²) in [5, 5.41) is 0. The van der Waals surface area contributed by atoms with E-state index < -0.39 is 27.4 Å². The Kier molecular flexibility index (Phi) is 6.43. The van der Waals surface area contributed by atoms with Crippen molar-refractivity contribution >= 4 is 20.9 Å². The molecule has 4 rings (SSSR count). The number of sulfone groups is 1. The van der Waals surface area contributed by atoms with Crippen LogP contribution in [0.2, 0.25) is 0 Å². The van der Waals surface area contributed by atoms with Gasteiger partial charge in [-0.05, 0) is 42.8 Å². The van der Waals surface area contributed by atoms with E-state index in [4.69, 9.17) is 9.47 Å². The molecule has 8 nitrogen and oxygen atoms in total. The van der Waals surface area contributed by atoms with E-state index in [-0.39, 0.29) is 11.4 Å². The standard InChI is InChI=1S/C24H24FN3O5S/c1-4-33-21-13-15(10-11-20(21)32-2)19(14-34(3,30)31)28-18-9-5-7-16(23(18)27-24(28)29)22-17(25)8-6-12-26-22/h5-13,19H,4,14H2,1-3H3,(H,27,29)/t19-/m0/s1. The molecular formula is C24H24FN3O5S. The molecule has 2 aromatic carbocycles. The van der Waals surface area contributed by atoms with E-state index in [0.717, 1.165) is 6.26 Å². The molecule has 0 saturated heterocycles. The minimum Gasteiger partial charge on any atom is -0.493 e. The van der Waals surface area contributed by atoms with Gasteiger partial charge in [-0.2, -0.15) is 0 Å². The maximum atomic E-state index is 14.5. The topological polar surface area (TPSA) is 103 Å². The van der Waals surface area contributed by atoms with E-state index in [9.17, 15) is 17.6 Å². The highest BCUT2D eigenvalue weighted by atomic mass is 32.2. The molecular weight excluding hydrogens is 461 g/mol. The van der Waals surface area contributed by atoms with Crippen molar-refractivity contribution < 1.29 is 22.3 Å². The summed E-state index contributed by atoms with van der Waals surface area (Å²) in [6, 6.07) is 11.9. The Bertz CT molecular complexity index is 1510. The zero-order valence-electron chi connectivity index (χ0n) is 18.9. The Morgan fingerprint density at radius 3 is 2.62 bits per heavy atom. The van der Waals surface area contributed by atoms with E-state index >= 15 is 0 Å². The van der Waals surface area contributed by atoms with Crippen LogP contribution < -0.4 is 15.2 Å². The van der Waals surface area contributed by atoms with Crippen molar-refractivity contribution in [2.45, 2.75) is 13.0 Å². The molecule has 0 fully saturated rings. The first-order valence-corrected chi connectivity index (χ1v) is 12.6. The molecule has 0 aliphatic rings. The zero-order chi connectivity index (χ0) is 24.5. The van der Waals surface area contributed by atoms with Crippen LogP contribution in [0.25, 0.3) is 22.3 Å². The number of nitrogens with zero attached hydrogens (tertiary/aromatic N) is 2. The van der Waals surface area contributed by atoms with Gasteiger partial charge in [0, 0.05) is 18.0 Å². The Balaban J connectivity index is 1.96. The fraction of sp³-hybridized carbons (Fsp3) is 0.250. The van der Waals surface area contributed by atoms with Crippen LogP contribution in [0.5, 0.6) is 11.5 Å². The average molecular weight is 486 g/mol. The van der Waals surface area contributed by atoms with Crippen molar-refractivity contribution in [1.82, 2.24) is 14.5 Å². The molecule has 1 atom stereocenters. The Hall–Kier alpha value is -3.66. The largest absolute Gasteiger partial charge is 0.493 e. The molecule has 34 heavy (non-hydrogen) atoms. The molecule has 2 heterocycles. The predicted octanol–water partition coefficient (Wildman–Crippen LogP) is 3.57. The molecule has 1 N–H and O–H groups in total. The van der Waals surface area contributed by atoms with Gasteiger partial charge in [-0.15, -0.1) is 0 Å². The van der Waals surface area contributed by atoms with Crippen molar-refractivity contribution in [3.63, 3.8) is 0 Å². The first-order valence-electron chi connectivity index (χ1n) is 10.6. The molecule has 4 aromatic rings. The number of H-pyrrole nitrogens is 1. The van der Waals surface area contributed by atoms with Gasteiger partial charge >= 0.3 is 5.69 Å². The van der Waals surface area contributed by atoms with E-state index in [2.05, 4.69) is 9.97 Å². The van der Waals surface area contributed by atoms with Crippen LogP contribution >= 0.6 is 0 Å². The van der Waals surface area contributed by atoms with Crippen LogP contribution in [0, 0.1) is 5.82 Å². The van der Waals surface area contributed by atoms with Crippen LogP contribution in [0.1, 0.15) is 18.5 Å². The third kappa shape index (κ3) is 4.54. The van der Waals surface area contributed by atoms with Crippen molar-refractivity contribution in [2.75, 3.05) is 25.7 Å². The number of hydrogen-bond acceptors (Lipinski definition) is 6. The number of imidazole rings is 1. The third-order valence-corrected chi connectivity index (χ3v) is 6.33. The molecule has 2 aromatic heterocycles. The number of fused-ring (bicyclic) bond motifs is 1. The number of methoxy groups -OCH3 is 1. The summed E-state index contributed by atoms with van der Waals surface area (Å²) in [7, 11) is -2.00. The summed E-state index contributed by atoms with van der Waals surface area (Å²) in [6.07, 6.45) is 2.58. The second-order valence-corrected chi connectivity index (χ2v) is 9.97. The maximum absolute atomic E-state index is 14.5. The van der Waals surface area contributed by atoms with Crippen LogP contribution in [0.15, 0.2) is 59.5 Å². The Labute approximate surface area is 195 Å². The van der Waals surface area contributed by atoms with Crippen LogP contribution in [-0.2, 0) is 9.84 Å². The minimum absolute atomic E-state index is 0.0873. The molecule has 0 radical (unpaired) electrons. The van der Waals surface area contributed by atoms with Gasteiger partial charge < -0.3 is 14.5 Å². The SMILES string of the molecule is CCOc1cc([C@H](CS(C)(=O)=O)n2c(=O)[nH]c3c(-c4ncccc4F)cccc32)ccc1OC. The summed E-state index contributed by atoms with van der Waals surface area (Å²) in [5.41, 5.74) is 1.30. The number of nitrogens with one attached hydrogen (secondary N) is 1. The normalized spacial score (nSPS) is 12.6. The fourth-order valence-corrected chi connectivity index (χ4v) is 4.93. The molecule has 0 aliphatic heterocycles. The Morgan fingerprint density at radius 1 is 1.15 bits per heavy atom. The predicted molar refractivity (Wildman–Crippen MR) is 128 cm³/mol. The monoisotopic (exact) mass is 485 g/mol. The molecule has 0 bridgehead atoms. The number of benzene rings is 2. The summed E-state index contributed by atoms with van der Waals surface area (Å²) >= 11 is 0. The molecule has 0 saturated carbocycles. The summed E-state index contributed by atoms with van der Waals surface area (Å²) < 4.78 is 51.6. The summed E-state index contributed by atoms with van der Waals surface area (Å²) in [5.74, 6) is 0.0562. The lowest BCUT2D eigenvalue weighted by molar-refractivity contribution is 0.310. The van der Waals surface area contributed by atoms with Gasteiger partial charge in [-0.25, -0.2) is 17.6 Å². The van der Waals surface area contributed by atoms with Gasteiger partial charge in [-0.3, -0.25) is 9.55 Å². The van der Waals surface area contributed by atoms with Crippen LogP contribution in [-0.4, -0.2) is 48.7 Å². The highest BCUT2D eigenvalue weighted by Gasteiger charge is 2.26. The summed E-state index contributed by atoms with van der Waals surface area (Å²) in [4.78, 5) is 20.1. The quantitative estimate of drug-likeness (QED) is 0.409. The van der Waals surface area contributed by atoms with Crippen LogP contribution in [0.3, 0.4) is 0 Å². The number of pyridine rings is 1. The number of hydrogen-bond donors (Lipinski definition) is 1. The van der Waals surface area contributed by atoms with Gasteiger partial charge in [0.05, 0.1) is 36.5 Å². The lowest BCUT2D eigenvalue weighted by Gasteiger charge is -2.20. The number of aromatic amines is 1. The van der Waals surface area contributed by atoms with Crippen molar-refractivity contribution in [2.24, 2.45) is 0 Å². The number of para-hydroxylation sites is 1. The molecule has 0 spiro atoms. The lowest BCUT2D eigenvalue weighted by Crippen LogP contribution is -2.28. The Morgan fingerprint density at radius 2 is 1.94 bits per heavy atom. The first kappa shape index (κ1) is 23.5. The zero-order valence-corrected chi connectivity index (χ0v) is 19.7. The van der Waals surface area contributed by atoms with E-state index in [1.165, 1.54) is 30.0 Å². The lowest BCUT2D eigenvalue weighted by atomic mass is 10.1. The number of rotatable bonds is 8. The second-order valence-electron chi connectivity index (χ2n) is 7.79. The number of halogens is 1. The highest BCUT2D eigenvalue weighted by Crippen LogP contribution is 2.34. The van der Waals surface area contributed by atoms with E-state index in [1.54, 1.807) is 36.4 Å². The minimum atomic E-state index is -3.51. The smallest absolute Gasteiger partial charge is 0.327 e. The van der Waals surface area contributed by atoms with Gasteiger partial charge in [-0.1, -0.05) is 18.2 Å². The molecule has 0 amide bonds. The average Bonchev–Trinajstić information content (AvgIpc) is 3.13. The van der Waals surface area contributed by atoms with E-state index in [1.807, 2.05) is 6.92 Å². The molecule has 178 valence electrons. The summed E-state index contributed by atoms with van der Waals surface area (Å²) in [6.45, 7) is 2.20. The van der Waals surface area contributed by atoms with Crippen LogP contribution in [0.4, 0.5) is 4.39 Å². The maximum Gasteiger partial charge on any atom is 0.327 e. The van der Waals surface area contributed by atoms with Gasteiger partial charge in [0.15, 0.2) is 11.5 Å². The highest BCUT2D eigenvalue weighted by molar-refractivity contribution is 7.90. The number of ether oxygens (including phenoxy) is 2. The van der Waals surface area contributed by atoms with Crippen molar-refractivity contribution in [3.05, 3.63) is 76.6 Å².